The van der Waals surface area contributed by atoms with Gasteiger partial charge >= 0.3 is 12.0 Å². The lowest BCUT2D eigenvalue weighted by atomic mass is 10.0. The molecule has 2 unspecified atom stereocenters. The number of carboxylic acid groups (broad SMARTS) is 1. The summed E-state index contributed by atoms with van der Waals surface area (Å²) in [6.07, 6.45) is 0.893. The fourth-order valence-corrected chi connectivity index (χ4v) is 2.27. The normalized spacial score (nSPS) is 21.3. The highest BCUT2D eigenvalue weighted by atomic mass is 16.5. The Morgan fingerprint density at radius 3 is 2.58 bits per heavy atom. The van der Waals surface area contributed by atoms with Crippen LogP contribution in [0.25, 0.3) is 0 Å². The van der Waals surface area contributed by atoms with E-state index in [0.717, 1.165) is 6.42 Å². The number of carbonyl (C=O) groups excluding carboxylic acids is 1. The van der Waals surface area contributed by atoms with E-state index in [9.17, 15) is 9.59 Å². The molecule has 110 valence electrons. The molecule has 19 heavy (non-hydrogen) atoms. The third-order valence-electron chi connectivity index (χ3n) is 3.43. The number of nitrogens with zero attached hydrogens (tertiary/aromatic N) is 2. The molecule has 1 aliphatic heterocycles. The van der Waals surface area contributed by atoms with Crippen LogP contribution in [-0.2, 0) is 9.53 Å². The molecule has 1 aliphatic rings. The van der Waals surface area contributed by atoms with E-state index in [-0.39, 0.29) is 18.7 Å². The third-order valence-corrected chi connectivity index (χ3v) is 3.43. The SMILES string of the molecule is CC(C)CC(C)N(C)C(=O)N1CCOCC1C(=O)O. The molecule has 0 aromatic rings. The third kappa shape index (κ3) is 4.09. The van der Waals surface area contributed by atoms with Crippen molar-refractivity contribution < 1.29 is 19.4 Å². The van der Waals surface area contributed by atoms with Gasteiger partial charge in [-0.15, -0.1) is 0 Å². The number of carbonyl (C=O) groups is 2. The van der Waals surface area contributed by atoms with Crippen molar-refractivity contribution in [3.8, 4) is 0 Å². The highest BCUT2D eigenvalue weighted by molar-refractivity contribution is 5.83. The van der Waals surface area contributed by atoms with Crippen LogP contribution in [-0.4, -0.2) is 65.8 Å². The summed E-state index contributed by atoms with van der Waals surface area (Å²) < 4.78 is 5.14. The van der Waals surface area contributed by atoms with Crippen LogP contribution < -0.4 is 0 Å². The topological polar surface area (TPSA) is 70.1 Å². The maximum absolute atomic E-state index is 12.4. The summed E-state index contributed by atoms with van der Waals surface area (Å²) in [6.45, 7) is 6.96. The molecule has 1 saturated heterocycles. The molecule has 1 N–H and O–H groups in total. The standard InChI is InChI=1S/C13H24N2O4/c1-9(2)7-10(3)14(4)13(18)15-5-6-19-8-11(15)12(16)17/h9-11H,5-8H2,1-4H3,(H,16,17). The Morgan fingerprint density at radius 1 is 1.42 bits per heavy atom. The number of hydrogen-bond donors (Lipinski definition) is 1. The predicted octanol–water partition coefficient (Wildman–Crippen LogP) is 1.26. The minimum atomic E-state index is -1.02. The first-order valence-electron chi connectivity index (χ1n) is 6.68. The van der Waals surface area contributed by atoms with Crippen LogP contribution in [0.2, 0.25) is 0 Å². The van der Waals surface area contributed by atoms with Gasteiger partial charge in [-0.25, -0.2) is 9.59 Å². The number of hydrogen-bond acceptors (Lipinski definition) is 3. The second kappa shape index (κ2) is 6.75. The lowest BCUT2D eigenvalue weighted by Gasteiger charge is -2.37. The molecule has 2 atom stereocenters. The Kier molecular flexibility index (Phi) is 5.60. The zero-order valence-electron chi connectivity index (χ0n) is 12.1. The number of rotatable bonds is 4. The Bertz CT molecular complexity index is 333. The van der Waals surface area contributed by atoms with Gasteiger partial charge in [0.15, 0.2) is 6.04 Å². The fourth-order valence-electron chi connectivity index (χ4n) is 2.27. The van der Waals surface area contributed by atoms with Gasteiger partial charge in [-0.05, 0) is 19.3 Å². The molecule has 0 aromatic heterocycles. The first kappa shape index (κ1) is 15.8. The molecule has 0 spiro atoms. The molecule has 1 fully saturated rings. The van der Waals surface area contributed by atoms with Crippen LogP contribution in [0.4, 0.5) is 4.79 Å². The van der Waals surface area contributed by atoms with E-state index in [1.165, 1.54) is 4.90 Å². The molecule has 6 nitrogen and oxygen atoms in total. The molecule has 0 radical (unpaired) electrons. The minimum Gasteiger partial charge on any atom is -0.480 e. The molecule has 0 aromatic carbocycles. The molecule has 0 bridgehead atoms. The van der Waals surface area contributed by atoms with Gasteiger partial charge in [-0.3, -0.25) is 0 Å². The van der Waals surface area contributed by atoms with Crippen molar-refractivity contribution in [3.63, 3.8) is 0 Å². The first-order valence-corrected chi connectivity index (χ1v) is 6.68. The fraction of sp³-hybridized carbons (Fsp3) is 0.846. The van der Waals surface area contributed by atoms with E-state index in [4.69, 9.17) is 9.84 Å². The average Bonchev–Trinajstić information content (AvgIpc) is 2.36. The summed E-state index contributed by atoms with van der Waals surface area (Å²) in [5.74, 6) is -0.525. The smallest absolute Gasteiger partial charge is 0.328 e. The Balaban J connectivity index is 2.70. The van der Waals surface area contributed by atoms with Gasteiger partial charge in [0.1, 0.15) is 0 Å². The second-order valence-electron chi connectivity index (χ2n) is 5.49. The summed E-state index contributed by atoms with van der Waals surface area (Å²) >= 11 is 0. The molecule has 0 aliphatic carbocycles. The summed E-state index contributed by atoms with van der Waals surface area (Å²) in [7, 11) is 1.73. The van der Waals surface area contributed by atoms with Crippen LogP contribution in [0.3, 0.4) is 0 Å². The largest absolute Gasteiger partial charge is 0.480 e. The molecule has 0 saturated carbocycles. The molecule has 2 amide bonds. The molecule has 1 rings (SSSR count). The van der Waals surface area contributed by atoms with Gasteiger partial charge in [0.25, 0.3) is 0 Å². The van der Waals surface area contributed by atoms with Crippen molar-refractivity contribution in [2.24, 2.45) is 5.92 Å². The van der Waals surface area contributed by atoms with Gasteiger partial charge in [0, 0.05) is 19.6 Å². The van der Waals surface area contributed by atoms with Crippen molar-refractivity contribution in [1.29, 1.82) is 0 Å². The number of aliphatic carboxylic acids is 1. The quantitative estimate of drug-likeness (QED) is 0.836. The van der Waals surface area contributed by atoms with Crippen molar-refractivity contribution in [2.75, 3.05) is 26.8 Å². The molecule has 6 heteroatoms. The maximum Gasteiger partial charge on any atom is 0.328 e. The second-order valence-corrected chi connectivity index (χ2v) is 5.49. The van der Waals surface area contributed by atoms with Gasteiger partial charge < -0.3 is 19.6 Å². The maximum atomic E-state index is 12.4. The number of carboxylic acids is 1. The van der Waals surface area contributed by atoms with Gasteiger partial charge in [0.05, 0.1) is 13.2 Å². The first-order chi connectivity index (χ1) is 8.84. The van der Waals surface area contributed by atoms with Crippen molar-refractivity contribution in [3.05, 3.63) is 0 Å². The van der Waals surface area contributed by atoms with E-state index in [1.54, 1.807) is 11.9 Å². The van der Waals surface area contributed by atoms with Gasteiger partial charge in [-0.2, -0.15) is 0 Å². The summed E-state index contributed by atoms with van der Waals surface area (Å²) in [6, 6.07) is -1.02. The summed E-state index contributed by atoms with van der Waals surface area (Å²) in [5, 5.41) is 9.13. The van der Waals surface area contributed by atoms with Crippen molar-refractivity contribution in [2.45, 2.75) is 39.3 Å². The van der Waals surface area contributed by atoms with Crippen LogP contribution in [0.1, 0.15) is 27.2 Å². The van der Waals surface area contributed by atoms with Gasteiger partial charge in [-0.1, -0.05) is 13.8 Å². The summed E-state index contributed by atoms with van der Waals surface area (Å²) in [5.41, 5.74) is 0. The van der Waals surface area contributed by atoms with Crippen molar-refractivity contribution in [1.82, 2.24) is 9.80 Å². The van der Waals surface area contributed by atoms with Crippen LogP contribution in [0, 0.1) is 5.92 Å². The monoisotopic (exact) mass is 272 g/mol. The van der Waals surface area contributed by atoms with Gasteiger partial charge in [0.2, 0.25) is 0 Å². The Labute approximate surface area is 114 Å². The van der Waals surface area contributed by atoms with Crippen LogP contribution in [0.15, 0.2) is 0 Å². The summed E-state index contributed by atoms with van der Waals surface area (Å²) in [4.78, 5) is 26.5. The Morgan fingerprint density at radius 2 is 2.05 bits per heavy atom. The van der Waals surface area contributed by atoms with Crippen molar-refractivity contribution >= 4 is 12.0 Å². The highest BCUT2D eigenvalue weighted by Gasteiger charge is 2.35. The number of morpholine rings is 1. The zero-order chi connectivity index (χ0) is 14.6. The minimum absolute atomic E-state index is 0.0630. The number of amides is 2. The molecular weight excluding hydrogens is 248 g/mol. The predicted molar refractivity (Wildman–Crippen MR) is 71.0 cm³/mol. The highest BCUT2D eigenvalue weighted by Crippen LogP contribution is 2.15. The van der Waals surface area contributed by atoms with E-state index in [0.29, 0.717) is 19.1 Å². The number of urea groups is 1. The van der Waals surface area contributed by atoms with E-state index < -0.39 is 12.0 Å². The Hall–Kier alpha value is -1.30. The molecular formula is C13H24N2O4. The lowest BCUT2D eigenvalue weighted by molar-refractivity contribution is -0.147. The van der Waals surface area contributed by atoms with Crippen LogP contribution in [0.5, 0.6) is 0 Å². The lowest BCUT2D eigenvalue weighted by Crippen LogP contribution is -2.57. The van der Waals surface area contributed by atoms with E-state index >= 15 is 0 Å². The molecule has 1 heterocycles. The van der Waals surface area contributed by atoms with Crippen LogP contribution >= 0.6 is 0 Å². The van der Waals surface area contributed by atoms with E-state index in [2.05, 4.69) is 13.8 Å². The average molecular weight is 272 g/mol. The van der Waals surface area contributed by atoms with E-state index in [1.807, 2.05) is 6.92 Å². The zero-order valence-corrected chi connectivity index (χ0v) is 12.1. The number of ether oxygens (including phenoxy) is 1.